The van der Waals surface area contributed by atoms with E-state index in [1.54, 1.807) is 49.4 Å². The van der Waals surface area contributed by atoms with Gasteiger partial charge in [0.15, 0.2) is 0 Å². The number of benzene rings is 2. The molecule has 41 heavy (non-hydrogen) atoms. The lowest BCUT2D eigenvalue weighted by Crippen LogP contribution is -2.08. The summed E-state index contributed by atoms with van der Waals surface area (Å²) in [5, 5.41) is 0. The van der Waals surface area contributed by atoms with Gasteiger partial charge >= 0.3 is 11.9 Å². The quantitative estimate of drug-likeness (QED) is 0.0675. The molecule has 0 amide bonds. The first kappa shape index (κ1) is 31.6. The van der Waals surface area contributed by atoms with Gasteiger partial charge in [-0.15, -0.1) is 0 Å². The third-order valence-corrected chi connectivity index (χ3v) is 6.70. The molecule has 0 radical (unpaired) electrons. The maximum absolute atomic E-state index is 12.6. The molecule has 0 aliphatic heterocycles. The second-order valence-corrected chi connectivity index (χ2v) is 10.1. The molecular formula is C35H43NO5. The largest absolute Gasteiger partial charge is 0.494 e. The highest BCUT2D eigenvalue weighted by molar-refractivity contribution is 5.91. The average Bonchev–Trinajstić information content (AvgIpc) is 2.99. The van der Waals surface area contributed by atoms with Crippen LogP contribution in [0.25, 0.3) is 11.3 Å². The first-order valence-corrected chi connectivity index (χ1v) is 14.9. The summed E-state index contributed by atoms with van der Waals surface area (Å²) in [6.07, 6.45) is 16.2. The summed E-state index contributed by atoms with van der Waals surface area (Å²) >= 11 is 0. The summed E-state index contributed by atoms with van der Waals surface area (Å²) < 4.78 is 16.4. The minimum atomic E-state index is -0.416. The van der Waals surface area contributed by atoms with Gasteiger partial charge in [-0.3, -0.25) is 4.98 Å². The van der Waals surface area contributed by atoms with E-state index in [-0.39, 0.29) is 5.97 Å². The van der Waals surface area contributed by atoms with Crippen molar-refractivity contribution >= 4 is 11.9 Å². The highest BCUT2D eigenvalue weighted by Crippen LogP contribution is 2.23. The Morgan fingerprint density at radius 1 is 0.756 bits per heavy atom. The lowest BCUT2D eigenvalue weighted by molar-refractivity contribution is -0.137. The summed E-state index contributed by atoms with van der Waals surface area (Å²) in [6.45, 7) is 5.05. The highest BCUT2D eigenvalue weighted by Gasteiger charge is 2.10. The van der Waals surface area contributed by atoms with Crippen molar-refractivity contribution in [3.63, 3.8) is 0 Å². The number of carbonyl (C=O) groups excluding carboxylic acids is 2. The average molecular weight is 558 g/mol. The van der Waals surface area contributed by atoms with Crippen LogP contribution in [-0.2, 0) is 16.0 Å². The van der Waals surface area contributed by atoms with Crippen LogP contribution >= 0.6 is 0 Å². The predicted octanol–water partition coefficient (Wildman–Crippen LogP) is 8.54. The molecular weight excluding hydrogens is 514 g/mol. The molecule has 6 heteroatoms. The molecule has 1 heterocycles. The summed E-state index contributed by atoms with van der Waals surface area (Å²) in [4.78, 5) is 28.5. The van der Waals surface area contributed by atoms with Gasteiger partial charge in [-0.05, 0) is 106 Å². The Morgan fingerprint density at radius 3 is 2.12 bits per heavy atom. The molecule has 0 spiro atoms. The van der Waals surface area contributed by atoms with Gasteiger partial charge in [-0.1, -0.05) is 44.7 Å². The second kappa shape index (κ2) is 18.4. The van der Waals surface area contributed by atoms with Crippen molar-refractivity contribution in [1.29, 1.82) is 0 Å². The molecule has 0 aliphatic rings. The number of pyridine rings is 1. The molecule has 0 unspecified atom stereocenters. The Balaban J connectivity index is 1.36. The van der Waals surface area contributed by atoms with E-state index in [0.717, 1.165) is 43.4 Å². The first-order valence-electron chi connectivity index (χ1n) is 14.9. The monoisotopic (exact) mass is 557 g/mol. The van der Waals surface area contributed by atoms with Crippen LogP contribution in [0, 0.1) is 0 Å². The number of hydrogen-bond acceptors (Lipinski definition) is 6. The second-order valence-electron chi connectivity index (χ2n) is 10.1. The lowest BCUT2D eigenvalue weighted by atomic mass is 10.1. The van der Waals surface area contributed by atoms with E-state index in [9.17, 15) is 9.59 Å². The fraction of sp³-hybridized carbons (Fsp3) is 0.400. The fourth-order valence-corrected chi connectivity index (χ4v) is 4.33. The van der Waals surface area contributed by atoms with E-state index in [1.807, 2.05) is 18.3 Å². The third kappa shape index (κ3) is 12.0. The number of aromatic nitrogens is 1. The maximum Gasteiger partial charge on any atom is 0.343 e. The van der Waals surface area contributed by atoms with Gasteiger partial charge in [0.1, 0.15) is 11.5 Å². The van der Waals surface area contributed by atoms with E-state index in [4.69, 9.17) is 14.2 Å². The van der Waals surface area contributed by atoms with E-state index in [1.165, 1.54) is 43.7 Å². The molecule has 0 N–H and O–H groups in total. The summed E-state index contributed by atoms with van der Waals surface area (Å²) in [5.74, 6) is 0.486. The number of allylic oxidation sites excluding steroid dienone is 1. The lowest BCUT2D eigenvalue weighted by Gasteiger charge is -2.08. The molecule has 0 bridgehead atoms. The number of hydrogen-bond donors (Lipinski definition) is 0. The predicted molar refractivity (Wildman–Crippen MR) is 163 cm³/mol. The van der Waals surface area contributed by atoms with Gasteiger partial charge in [0, 0.05) is 17.8 Å². The summed E-state index contributed by atoms with van der Waals surface area (Å²) in [7, 11) is 0. The summed E-state index contributed by atoms with van der Waals surface area (Å²) in [6, 6.07) is 18.6. The molecule has 218 valence electrons. The number of rotatable bonds is 18. The van der Waals surface area contributed by atoms with Gasteiger partial charge < -0.3 is 14.2 Å². The number of carbonyl (C=O) groups is 2. The van der Waals surface area contributed by atoms with Crippen molar-refractivity contribution in [1.82, 2.24) is 4.98 Å². The van der Waals surface area contributed by atoms with Gasteiger partial charge in [-0.2, -0.15) is 0 Å². The normalized spacial score (nSPS) is 11.0. The molecule has 6 nitrogen and oxygen atoms in total. The SMILES string of the molecule is CC=CC(=O)OCCCCCCOc1ccc(C(=O)Oc2ccc(-c3ccc(CCCCCCC)cn3)cc2)cc1. The van der Waals surface area contributed by atoms with E-state index >= 15 is 0 Å². The maximum atomic E-state index is 12.6. The van der Waals surface area contributed by atoms with Gasteiger partial charge in [0.2, 0.25) is 0 Å². The van der Waals surface area contributed by atoms with Gasteiger partial charge in [-0.25, -0.2) is 9.59 Å². The minimum Gasteiger partial charge on any atom is -0.494 e. The van der Waals surface area contributed by atoms with Gasteiger partial charge in [0.05, 0.1) is 24.5 Å². The Morgan fingerprint density at radius 2 is 1.44 bits per heavy atom. The van der Waals surface area contributed by atoms with Crippen LogP contribution in [0.2, 0.25) is 0 Å². The number of unbranched alkanes of at least 4 members (excludes halogenated alkanes) is 7. The van der Waals surface area contributed by atoms with Crippen molar-refractivity contribution in [3.8, 4) is 22.8 Å². The first-order chi connectivity index (χ1) is 20.1. The highest BCUT2D eigenvalue weighted by atomic mass is 16.5. The van der Waals surface area contributed by atoms with E-state index in [0.29, 0.717) is 30.3 Å². The Bertz CT molecular complexity index is 1200. The smallest absolute Gasteiger partial charge is 0.343 e. The van der Waals surface area contributed by atoms with Crippen molar-refractivity contribution in [2.24, 2.45) is 0 Å². The zero-order valence-electron chi connectivity index (χ0n) is 24.5. The Hall–Kier alpha value is -3.93. The van der Waals surface area contributed by atoms with Crippen LogP contribution in [-0.4, -0.2) is 30.1 Å². The zero-order valence-corrected chi connectivity index (χ0v) is 24.5. The molecule has 0 saturated heterocycles. The zero-order chi connectivity index (χ0) is 29.1. The number of aryl methyl sites for hydroxylation is 1. The van der Waals surface area contributed by atoms with Crippen molar-refractivity contribution < 1.29 is 23.8 Å². The number of esters is 2. The Labute approximate surface area is 244 Å². The molecule has 0 aliphatic carbocycles. The third-order valence-electron chi connectivity index (χ3n) is 6.70. The van der Waals surface area contributed by atoms with Crippen LogP contribution in [0.15, 0.2) is 79.0 Å². The van der Waals surface area contributed by atoms with Crippen molar-refractivity contribution in [2.75, 3.05) is 13.2 Å². The fourth-order valence-electron chi connectivity index (χ4n) is 4.33. The van der Waals surface area contributed by atoms with Crippen LogP contribution in [0.4, 0.5) is 0 Å². The van der Waals surface area contributed by atoms with Crippen molar-refractivity contribution in [3.05, 3.63) is 90.1 Å². The van der Waals surface area contributed by atoms with E-state index < -0.39 is 5.97 Å². The summed E-state index contributed by atoms with van der Waals surface area (Å²) in [5.41, 5.74) is 3.61. The van der Waals surface area contributed by atoms with Crippen LogP contribution in [0.1, 0.15) is 87.6 Å². The van der Waals surface area contributed by atoms with Crippen LogP contribution in [0.5, 0.6) is 11.5 Å². The van der Waals surface area contributed by atoms with Crippen LogP contribution in [0.3, 0.4) is 0 Å². The Kier molecular flexibility index (Phi) is 14.2. The standard InChI is InChI=1S/C35H43NO5/c1-3-5-6-7-10-14-28-15-24-33(36-27-28)29-16-22-32(23-17-29)41-35(38)30-18-20-31(21-19-30)39-25-11-8-9-12-26-40-34(37)13-4-2/h4,13,15-24,27H,3,5-12,14,25-26H2,1-2H3. The molecule has 0 atom stereocenters. The van der Waals surface area contributed by atoms with Crippen LogP contribution < -0.4 is 9.47 Å². The van der Waals surface area contributed by atoms with Crippen molar-refractivity contribution in [2.45, 2.75) is 78.1 Å². The molecule has 0 saturated carbocycles. The molecule has 0 fully saturated rings. The molecule has 2 aromatic carbocycles. The van der Waals surface area contributed by atoms with E-state index in [2.05, 4.69) is 24.0 Å². The number of ether oxygens (including phenoxy) is 3. The molecule has 1 aromatic heterocycles. The molecule has 3 aromatic rings. The minimum absolute atomic E-state index is 0.293. The molecule has 3 rings (SSSR count). The topological polar surface area (TPSA) is 74.7 Å². The number of nitrogens with zero attached hydrogens (tertiary/aromatic N) is 1. The van der Waals surface area contributed by atoms with Gasteiger partial charge in [0.25, 0.3) is 0 Å².